The van der Waals surface area contributed by atoms with Crippen molar-refractivity contribution < 1.29 is 19.2 Å². The first-order valence-electron chi connectivity index (χ1n) is 8.09. The van der Waals surface area contributed by atoms with Crippen LogP contribution in [0.2, 0.25) is 5.02 Å². The minimum atomic E-state index is -0.690. The molecule has 4 amide bonds. The van der Waals surface area contributed by atoms with Crippen LogP contribution in [0.25, 0.3) is 0 Å². The molecule has 1 heterocycles. The lowest BCUT2D eigenvalue weighted by Crippen LogP contribution is -2.36. The zero-order chi connectivity index (χ0) is 20.1. The molecular formula is C19H14ClN3O4S. The van der Waals surface area contributed by atoms with Crippen molar-refractivity contribution in [3.05, 3.63) is 70.6 Å². The van der Waals surface area contributed by atoms with E-state index in [1.807, 2.05) is 0 Å². The summed E-state index contributed by atoms with van der Waals surface area (Å²) in [7, 11) is 0. The smallest absolute Gasteiger partial charge is 0.294 e. The van der Waals surface area contributed by atoms with Crippen LogP contribution < -0.4 is 10.6 Å². The van der Waals surface area contributed by atoms with E-state index in [1.165, 1.54) is 0 Å². The van der Waals surface area contributed by atoms with Gasteiger partial charge in [-0.3, -0.25) is 24.1 Å². The van der Waals surface area contributed by atoms with Crippen molar-refractivity contribution in [3.63, 3.8) is 0 Å². The van der Waals surface area contributed by atoms with Crippen LogP contribution in [0.5, 0.6) is 0 Å². The van der Waals surface area contributed by atoms with Crippen molar-refractivity contribution in [1.82, 2.24) is 4.90 Å². The van der Waals surface area contributed by atoms with Gasteiger partial charge in [-0.25, -0.2) is 0 Å². The van der Waals surface area contributed by atoms with Gasteiger partial charge in [-0.1, -0.05) is 29.8 Å². The summed E-state index contributed by atoms with van der Waals surface area (Å²) < 4.78 is 0. The van der Waals surface area contributed by atoms with Gasteiger partial charge in [0.2, 0.25) is 11.8 Å². The first kappa shape index (κ1) is 19.7. The zero-order valence-corrected chi connectivity index (χ0v) is 15.9. The fourth-order valence-electron chi connectivity index (χ4n) is 2.33. The van der Waals surface area contributed by atoms with Gasteiger partial charge in [-0.15, -0.1) is 0 Å². The number of thioether (sulfide) groups is 1. The second-order valence-corrected chi connectivity index (χ2v) is 7.11. The highest BCUT2D eigenvalue weighted by Gasteiger charge is 2.36. The van der Waals surface area contributed by atoms with Crippen LogP contribution in [-0.2, 0) is 14.4 Å². The molecule has 142 valence electrons. The molecule has 1 saturated heterocycles. The highest BCUT2D eigenvalue weighted by molar-refractivity contribution is 8.18. The Labute approximate surface area is 169 Å². The van der Waals surface area contributed by atoms with Crippen molar-refractivity contribution in [2.45, 2.75) is 0 Å². The van der Waals surface area contributed by atoms with Gasteiger partial charge in [0.25, 0.3) is 11.1 Å². The summed E-state index contributed by atoms with van der Waals surface area (Å²) in [4.78, 5) is 49.3. The molecule has 7 nitrogen and oxygen atoms in total. The first-order valence-corrected chi connectivity index (χ1v) is 9.28. The maximum Gasteiger partial charge on any atom is 0.294 e. The van der Waals surface area contributed by atoms with E-state index < -0.39 is 29.5 Å². The maximum absolute atomic E-state index is 12.4. The third-order valence-electron chi connectivity index (χ3n) is 3.61. The Morgan fingerprint density at radius 2 is 1.61 bits per heavy atom. The van der Waals surface area contributed by atoms with Crippen LogP contribution in [0.3, 0.4) is 0 Å². The largest absolute Gasteiger partial charge is 0.325 e. The number of nitrogens with one attached hydrogen (secondary N) is 2. The molecular weight excluding hydrogens is 402 g/mol. The number of para-hydroxylation sites is 1. The molecule has 0 radical (unpaired) electrons. The van der Waals surface area contributed by atoms with E-state index in [9.17, 15) is 19.2 Å². The van der Waals surface area contributed by atoms with Crippen molar-refractivity contribution >= 4 is 57.7 Å². The van der Waals surface area contributed by atoms with E-state index in [2.05, 4.69) is 10.6 Å². The molecule has 0 atom stereocenters. The highest BCUT2D eigenvalue weighted by Crippen LogP contribution is 2.30. The molecule has 0 aliphatic carbocycles. The molecule has 0 spiro atoms. The quantitative estimate of drug-likeness (QED) is 0.729. The number of rotatable bonds is 5. The standard InChI is InChI=1S/C19H14ClN3O4S/c20-12-6-8-14(9-7-12)21-16(24)10-15-18(26)23(19(27)28-15)11-17(25)22-13-4-2-1-3-5-13/h1-10H,11H2,(H,21,24)(H,22,25). The van der Waals surface area contributed by atoms with Gasteiger partial charge >= 0.3 is 0 Å². The minimum absolute atomic E-state index is 0.0519. The molecule has 2 N–H and O–H groups in total. The first-order chi connectivity index (χ1) is 13.4. The molecule has 9 heteroatoms. The Morgan fingerprint density at radius 1 is 0.964 bits per heavy atom. The van der Waals surface area contributed by atoms with Crippen molar-refractivity contribution in [2.75, 3.05) is 17.2 Å². The molecule has 1 aliphatic rings. The third-order valence-corrected chi connectivity index (χ3v) is 4.77. The second-order valence-electron chi connectivity index (χ2n) is 5.68. The Kier molecular flexibility index (Phi) is 6.13. The number of imide groups is 1. The van der Waals surface area contributed by atoms with Crippen LogP contribution in [0.15, 0.2) is 65.6 Å². The lowest BCUT2D eigenvalue weighted by Gasteiger charge is -2.12. The van der Waals surface area contributed by atoms with E-state index in [4.69, 9.17) is 11.6 Å². The summed E-state index contributed by atoms with van der Waals surface area (Å²) >= 11 is 6.39. The predicted octanol–water partition coefficient (Wildman–Crippen LogP) is 3.50. The Balaban J connectivity index is 1.62. The zero-order valence-electron chi connectivity index (χ0n) is 14.3. The van der Waals surface area contributed by atoms with Crippen LogP contribution in [0.4, 0.5) is 16.2 Å². The van der Waals surface area contributed by atoms with Crippen molar-refractivity contribution in [3.8, 4) is 0 Å². The molecule has 0 bridgehead atoms. The minimum Gasteiger partial charge on any atom is -0.325 e. The summed E-state index contributed by atoms with van der Waals surface area (Å²) in [5, 5.41) is 5.08. The van der Waals surface area contributed by atoms with Gasteiger partial charge in [0.1, 0.15) is 6.54 Å². The van der Waals surface area contributed by atoms with E-state index in [0.717, 1.165) is 11.0 Å². The van der Waals surface area contributed by atoms with Gasteiger partial charge in [-0.05, 0) is 48.2 Å². The van der Waals surface area contributed by atoms with E-state index in [1.54, 1.807) is 54.6 Å². The van der Waals surface area contributed by atoms with E-state index in [-0.39, 0.29) is 4.91 Å². The number of hydrogen-bond acceptors (Lipinski definition) is 5. The number of benzene rings is 2. The molecule has 28 heavy (non-hydrogen) atoms. The van der Waals surface area contributed by atoms with Gasteiger partial charge in [0.15, 0.2) is 0 Å². The fraction of sp³-hybridized carbons (Fsp3) is 0.0526. The summed E-state index contributed by atoms with van der Waals surface area (Å²) in [5.74, 6) is -1.77. The Hall–Kier alpha value is -3.10. The van der Waals surface area contributed by atoms with Gasteiger partial charge in [0.05, 0.1) is 4.91 Å². The average molecular weight is 416 g/mol. The Bertz CT molecular complexity index is 961. The highest BCUT2D eigenvalue weighted by atomic mass is 35.5. The van der Waals surface area contributed by atoms with Gasteiger partial charge in [-0.2, -0.15) is 0 Å². The Morgan fingerprint density at radius 3 is 2.29 bits per heavy atom. The van der Waals surface area contributed by atoms with Crippen molar-refractivity contribution in [2.24, 2.45) is 0 Å². The third kappa shape index (κ3) is 4.99. The predicted molar refractivity (Wildman–Crippen MR) is 108 cm³/mol. The topological polar surface area (TPSA) is 95.6 Å². The molecule has 1 aliphatic heterocycles. The number of nitrogens with zero attached hydrogens (tertiary/aromatic N) is 1. The lowest BCUT2D eigenvalue weighted by atomic mass is 10.3. The van der Waals surface area contributed by atoms with Gasteiger partial charge in [0, 0.05) is 22.5 Å². The number of halogens is 1. The number of amides is 4. The van der Waals surface area contributed by atoms with Gasteiger partial charge < -0.3 is 10.6 Å². The summed E-state index contributed by atoms with van der Waals surface area (Å²) in [6, 6.07) is 15.1. The van der Waals surface area contributed by atoms with Crippen LogP contribution in [-0.4, -0.2) is 34.4 Å². The molecule has 0 unspecified atom stereocenters. The summed E-state index contributed by atoms with van der Waals surface area (Å²) in [6.07, 6.45) is 1.04. The summed E-state index contributed by atoms with van der Waals surface area (Å²) in [6.45, 7) is -0.435. The molecule has 0 saturated carbocycles. The average Bonchev–Trinajstić information content (AvgIpc) is 2.92. The second kappa shape index (κ2) is 8.73. The summed E-state index contributed by atoms with van der Waals surface area (Å²) in [5.41, 5.74) is 1.05. The monoisotopic (exact) mass is 415 g/mol. The number of anilines is 2. The lowest BCUT2D eigenvalue weighted by molar-refractivity contribution is -0.127. The molecule has 3 rings (SSSR count). The SMILES string of the molecule is O=C(C=C1SC(=O)N(CC(=O)Nc2ccccc2)C1=O)Nc1ccc(Cl)cc1. The molecule has 1 fully saturated rings. The fourth-order valence-corrected chi connectivity index (χ4v) is 3.27. The van der Waals surface area contributed by atoms with Crippen molar-refractivity contribution in [1.29, 1.82) is 0 Å². The van der Waals surface area contributed by atoms with E-state index in [0.29, 0.717) is 28.2 Å². The van der Waals surface area contributed by atoms with Crippen LogP contribution in [0, 0.1) is 0 Å². The van der Waals surface area contributed by atoms with Crippen LogP contribution >= 0.6 is 23.4 Å². The molecule has 2 aromatic carbocycles. The molecule has 0 aromatic heterocycles. The normalized spacial score (nSPS) is 15.0. The number of hydrogen-bond donors (Lipinski definition) is 2. The number of carbonyl (C=O) groups excluding carboxylic acids is 4. The van der Waals surface area contributed by atoms with E-state index >= 15 is 0 Å². The molecule has 2 aromatic rings. The van der Waals surface area contributed by atoms with Crippen LogP contribution in [0.1, 0.15) is 0 Å². The number of carbonyl (C=O) groups is 4. The maximum atomic E-state index is 12.4.